The highest BCUT2D eigenvalue weighted by Crippen LogP contribution is 2.30. The number of piperidine rings is 1. The van der Waals surface area contributed by atoms with Gasteiger partial charge in [0.2, 0.25) is 11.8 Å². The summed E-state index contributed by atoms with van der Waals surface area (Å²) < 4.78 is 27.3. The van der Waals surface area contributed by atoms with E-state index in [9.17, 15) is 18.4 Å². The van der Waals surface area contributed by atoms with E-state index < -0.39 is 11.6 Å². The van der Waals surface area contributed by atoms with E-state index in [1.54, 1.807) is 11.1 Å². The molecule has 0 radical (unpaired) electrons. The molecule has 2 aliphatic rings. The van der Waals surface area contributed by atoms with Crippen molar-refractivity contribution in [1.29, 1.82) is 0 Å². The molecule has 0 aliphatic carbocycles. The van der Waals surface area contributed by atoms with E-state index >= 15 is 0 Å². The van der Waals surface area contributed by atoms with Gasteiger partial charge in [0.1, 0.15) is 11.6 Å². The first kappa shape index (κ1) is 23.8. The van der Waals surface area contributed by atoms with Gasteiger partial charge < -0.3 is 15.1 Å². The fraction of sp³-hybridized carbons (Fsp3) is 0.333. The maximum absolute atomic E-state index is 13.9. The molecule has 3 heterocycles. The molecule has 0 bridgehead atoms. The zero-order chi connectivity index (χ0) is 25.1. The topological polar surface area (TPSA) is 78.4 Å². The van der Waals surface area contributed by atoms with E-state index in [1.165, 1.54) is 0 Å². The van der Waals surface area contributed by atoms with Gasteiger partial charge in [-0.15, -0.1) is 5.10 Å². The second kappa shape index (κ2) is 10.4. The summed E-state index contributed by atoms with van der Waals surface area (Å²) in [7, 11) is 0. The van der Waals surface area contributed by atoms with E-state index in [1.807, 2.05) is 41.3 Å². The van der Waals surface area contributed by atoms with Crippen molar-refractivity contribution in [2.45, 2.75) is 25.2 Å². The number of aromatic nitrogens is 2. The van der Waals surface area contributed by atoms with Crippen LogP contribution in [0.1, 0.15) is 29.9 Å². The van der Waals surface area contributed by atoms with Crippen LogP contribution >= 0.6 is 0 Å². The molecule has 0 saturated carbocycles. The third kappa shape index (κ3) is 5.35. The minimum Gasteiger partial charge on any atom is -0.353 e. The summed E-state index contributed by atoms with van der Waals surface area (Å²) in [6.45, 7) is 2.38. The van der Waals surface area contributed by atoms with Gasteiger partial charge in [-0.25, -0.2) is 8.78 Å². The Balaban J connectivity index is 1.09. The largest absolute Gasteiger partial charge is 0.353 e. The van der Waals surface area contributed by atoms with Crippen LogP contribution < -0.4 is 10.2 Å². The van der Waals surface area contributed by atoms with E-state index in [0.29, 0.717) is 32.1 Å². The van der Waals surface area contributed by atoms with Crippen molar-refractivity contribution in [2.24, 2.45) is 5.92 Å². The highest BCUT2D eigenvalue weighted by Gasteiger charge is 2.33. The molecule has 2 amide bonds. The van der Waals surface area contributed by atoms with Crippen LogP contribution in [-0.4, -0.2) is 53.1 Å². The lowest BCUT2D eigenvalue weighted by atomic mass is 9.89. The average molecular weight is 492 g/mol. The Labute approximate surface area is 208 Å². The molecule has 9 heteroatoms. The first-order chi connectivity index (χ1) is 17.5. The van der Waals surface area contributed by atoms with Gasteiger partial charge in [-0.1, -0.05) is 12.1 Å². The number of benzene rings is 2. The number of anilines is 2. The van der Waals surface area contributed by atoms with Crippen molar-refractivity contribution in [1.82, 2.24) is 15.1 Å². The lowest BCUT2D eigenvalue weighted by Crippen LogP contribution is -2.52. The number of nitrogens with zero attached hydrogens (tertiary/aromatic N) is 4. The van der Waals surface area contributed by atoms with Gasteiger partial charge in [0.05, 0.1) is 12.3 Å². The molecule has 7 nitrogen and oxygen atoms in total. The van der Waals surface area contributed by atoms with E-state index in [0.717, 1.165) is 48.1 Å². The molecule has 1 N–H and O–H groups in total. The van der Waals surface area contributed by atoms with Crippen molar-refractivity contribution in [3.05, 3.63) is 83.6 Å². The van der Waals surface area contributed by atoms with Crippen LogP contribution in [-0.2, 0) is 16.0 Å². The Kier molecular flexibility index (Phi) is 6.88. The predicted molar refractivity (Wildman–Crippen MR) is 131 cm³/mol. The number of rotatable bonds is 6. The monoisotopic (exact) mass is 491 g/mol. The second-order valence-electron chi connectivity index (χ2n) is 9.36. The number of hydrogen-bond acceptors (Lipinski definition) is 5. The number of amides is 2. The highest BCUT2D eigenvalue weighted by atomic mass is 19.1. The molecule has 186 valence electrons. The van der Waals surface area contributed by atoms with Crippen molar-refractivity contribution in [2.75, 3.05) is 36.4 Å². The van der Waals surface area contributed by atoms with E-state index in [2.05, 4.69) is 15.5 Å². The molecule has 0 spiro atoms. The standard InChI is InChI=1S/C27H27F2N5O2/c28-22-5-8-24(29)20(14-22)15-26(35)33-12-9-19(10-13-33)18-3-6-23(7-4-18)31-27(36)21-16-34(17-21)25-2-1-11-30-32-25/h1-8,11,14,19,21H,9-10,12-13,15-17H2,(H,31,36). The maximum Gasteiger partial charge on any atom is 0.231 e. The summed E-state index contributed by atoms with van der Waals surface area (Å²) in [5.41, 5.74) is 2.00. The van der Waals surface area contributed by atoms with Crippen LogP contribution in [0.4, 0.5) is 20.3 Å². The predicted octanol–water partition coefficient (Wildman–Crippen LogP) is 3.78. The SMILES string of the molecule is O=C(Nc1ccc(C2CCN(C(=O)Cc3cc(F)ccc3F)CC2)cc1)C1CN(c2cccnn2)C1. The second-order valence-corrected chi connectivity index (χ2v) is 9.36. The Bertz CT molecular complexity index is 1220. The van der Waals surface area contributed by atoms with Crippen molar-refractivity contribution in [3.63, 3.8) is 0 Å². The lowest BCUT2D eigenvalue weighted by Gasteiger charge is -2.38. The molecule has 1 aromatic heterocycles. The summed E-state index contributed by atoms with van der Waals surface area (Å²) in [4.78, 5) is 28.9. The minimum atomic E-state index is -0.563. The molecule has 0 unspecified atom stereocenters. The van der Waals surface area contributed by atoms with E-state index in [4.69, 9.17) is 0 Å². The Morgan fingerprint density at radius 2 is 1.75 bits per heavy atom. The van der Waals surface area contributed by atoms with Crippen LogP contribution in [0.5, 0.6) is 0 Å². The fourth-order valence-corrected chi connectivity index (χ4v) is 4.79. The lowest BCUT2D eigenvalue weighted by molar-refractivity contribution is -0.131. The highest BCUT2D eigenvalue weighted by molar-refractivity contribution is 5.94. The number of carbonyl (C=O) groups is 2. The van der Waals surface area contributed by atoms with Gasteiger partial charge in [-0.3, -0.25) is 9.59 Å². The fourth-order valence-electron chi connectivity index (χ4n) is 4.79. The first-order valence-corrected chi connectivity index (χ1v) is 12.1. The molecule has 2 aliphatic heterocycles. The number of nitrogens with one attached hydrogen (secondary N) is 1. The molecule has 3 aromatic rings. The first-order valence-electron chi connectivity index (χ1n) is 12.1. The van der Waals surface area contributed by atoms with Crippen LogP contribution in [0.25, 0.3) is 0 Å². The Hall–Kier alpha value is -3.88. The smallest absolute Gasteiger partial charge is 0.231 e. The molecule has 5 rings (SSSR count). The van der Waals surface area contributed by atoms with Crippen LogP contribution in [0.3, 0.4) is 0 Å². The van der Waals surface area contributed by atoms with Crippen molar-refractivity contribution in [3.8, 4) is 0 Å². The number of carbonyl (C=O) groups excluding carboxylic acids is 2. The zero-order valence-corrected chi connectivity index (χ0v) is 19.7. The van der Waals surface area contributed by atoms with Gasteiger partial charge in [-0.2, -0.15) is 5.10 Å². The number of likely N-dealkylation sites (tertiary alicyclic amines) is 1. The third-order valence-corrected chi connectivity index (χ3v) is 6.98. The van der Waals surface area contributed by atoms with E-state index in [-0.39, 0.29) is 29.7 Å². The summed E-state index contributed by atoms with van der Waals surface area (Å²) >= 11 is 0. The minimum absolute atomic E-state index is 0.00977. The molecule has 0 atom stereocenters. The maximum atomic E-state index is 13.9. The summed E-state index contributed by atoms with van der Waals surface area (Å²) in [6, 6.07) is 14.8. The van der Waals surface area contributed by atoms with Gasteiger partial charge in [0.15, 0.2) is 5.82 Å². The molecule has 2 aromatic carbocycles. The van der Waals surface area contributed by atoms with Crippen molar-refractivity contribution >= 4 is 23.3 Å². The summed E-state index contributed by atoms with van der Waals surface area (Å²) in [5.74, 6) is -0.318. The zero-order valence-electron chi connectivity index (χ0n) is 19.7. The molecule has 2 saturated heterocycles. The number of halogens is 2. The quantitative estimate of drug-likeness (QED) is 0.568. The van der Waals surface area contributed by atoms with Crippen LogP contribution in [0.15, 0.2) is 60.8 Å². The normalized spacial score (nSPS) is 16.5. The third-order valence-electron chi connectivity index (χ3n) is 6.98. The Morgan fingerprint density at radius 3 is 2.44 bits per heavy atom. The van der Waals surface area contributed by atoms with Gasteiger partial charge >= 0.3 is 0 Å². The van der Waals surface area contributed by atoms with Crippen LogP contribution in [0, 0.1) is 17.6 Å². The summed E-state index contributed by atoms with van der Waals surface area (Å²) in [5, 5.41) is 10.9. The number of hydrogen-bond donors (Lipinski definition) is 1. The van der Waals surface area contributed by atoms with Gasteiger partial charge in [0, 0.05) is 43.6 Å². The average Bonchev–Trinajstić information content (AvgIpc) is 2.86. The molecular weight excluding hydrogens is 464 g/mol. The Morgan fingerprint density at radius 1 is 1.00 bits per heavy atom. The van der Waals surface area contributed by atoms with Gasteiger partial charge in [0.25, 0.3) is 0 Å². The molecule has 36 heavy (non-hydrogen) atoms. The summed E-state index contributed by atoms with van der Waals surface area (Å²) in [6.07, 6.45) is 3.07. The van der Waals surface area contributed by atoms with Gasteiger partial charge in [-0.05, 0) is 66.8 Å². The molecule has 2 fully saturated rings. The molecular formula is C27H27F2N5O2. The van der Waals surface area contributed by atoms with Crippen molar-refractivity contribution < 1.29 is 18.4 Å². The van der Waals surface area contributed by atoms with Crippen LogP contribution in [0.2, 0.25) is 0 Å².